The van der Waals surface area contributed by atoms with E-state index >= 15 is 0 Å². The fourth-order valence-electron chi connectivity index (χ4n) is 2.23. The molecule has 0 aliphatic heterocycles. The van der Waals surface area contributed by atoms with Crippen molar-refractivity contribution in [1.29, 1.82) is 0 Å². The average Bonchev–Trinajstić information content (AvgIpc) is 3.00. The van der Waals surface area contributed by atoms with Crippen LogP contribution in [0.5, 0.6) is 0 Å². The lowest BCUT2D eigenvalue weighted by atomic mass is 9.95. The summed E-state index contributed by atoms with van der Waals surface area (Å²) in [7, 11) is 0. The molecule has 94 valence electrons. The van der Waals surface area contributed by atoms with Crippen LogP contribution in [0, 0.1) is 0 Å². The van der Waals surface area contributed by atoms with Crippen molar-refractivity contribution in [2.75, 3.05) is 6.54 Å². The standard InChI is InChI=1S/C13H14N2O2S/c1-2-6-14-13(16)11-9-3-4-10-8(5-7-18-10)12(9)17-15-11/h5,7H,2-4,6H2,1H3,(H,14,16). The zero-order chi connectivity index (χ0) is 12.5. The second-order valence-corrected chi connectivity index (χ2v) is 5.35. The van der Waals surface area contributed by atoms with Crippen LogP contribution < -0.4 is 5.32 Å². The van der Waals surface area contributed by atoms with Gasteiger partial charge in [-0.25, -0.2) is 0 Å². The Kier molecular flexibility index (Phi) is 2.91. The van der Waals surface area contributed by atoms with E-state index in [-0.39, 0.29) is 5.91 Å². The summed E-state index contributed by atoms with van der Waals surface area (Å²) in [5.74, 6) is 0.652. The number of carbonyl (C=O) groups excluding carboxylic acids is 1. The summed E-state index contributed by atoms with van der Waals surface area (Å²) in [4.78, 5) is 13.3. The van der Waals surface area contributed by atoms with Crippen LogP contribution in [0.1, 0.15) is 34.3 Å². The molecule has 3 rings (SSSR count). The molecule has 0 saturated heterocycles. The second-order valence-electron chi connectivity index (χ2n) is 4.35. The Hall–Kier alpha value is -1.62. The van der Waals surface area contributed by atoms with Crippen molar-refractivity contribution in [3.8, 4) is 11.3 Å². The maximum Gasteiger partial charge on any atom is 0.273 e. The van der Waals surface area contributed by atoms with Gasteiger partial charge in [0.2, 0.25) is 0 Å². The minimum absolute atomic E-state index is 0.125. The van der Waals surface area contributed by atoms with Crippen LogP contribution in [-0.2, 0) is 12.8 Å². The van der Waals surface area contributed by atoms with Crippen LogP contribution in [0.3, 0.4) is 0 Å². The van der Waals surface area contributed by atoms with E-state index in [9.17, 15) is 4.79 Å². The summed E-state index contributed by atoms with van der Waals surface area (Å²) >= 11 is 1.73. The fourth-order valence-corrected chi connectivity index (χ4v) is 3.10. The highest BCUT2D eigenvalue weighted by molar-refractivity contribution is 7.10. The van der Waals surface area contributed by atoms with Gasteiger partial charge in [0, 0.05) is 22.5 Å². The number of hydrogen-bond donors (Lipinski definition) is 1. The Morgan fingerprint density at radius 2 is 2.44 bits per heavy atom. The van der Waals surface area contributed by atoms with Crippen molar-refractivity contribution < 1.29 is 9.32 Å². The van der Waals surface area contributed by atoms with Gasteiger partial charge in [0.1, 0.15) is 0 Å². The normalized spacial score (nSPS) is 12.9. The molecule has 0 saturated carbocycles. The lowest BCUT2D eigenvalue weighted by Crippen LogP contribution is -2.25. The first kappa shape index (κ1) is 11.5. The monoisotopic (exact) mass is 262 g/mol. The molecule has 0 atom stereocenters. The average molecular weight is 262 g/mol. The molecule has 2 heterocycles. The first-order valence-electron chi connectivity index (χ1n) is 6.14. The summed E-state index contributed by atoms with van der Waals surface area (Å²) in [5.41, 5.74) is 2.51. The van der Waals surface area contributed by atoms with Crippen LogP contribution in [0.4, 0.5) is 0 Å². The van der Waals surface area contributed by atoms with Crippen LogP contribution in [0.15, 0.2) is 16.0 Å². The van der Waals surface area contributed by atoms with E-state index in [0.29, 0.717) is 12.2 Å². The zero-order valence-electron chi connectivity index (χ0n) is 10.2. The highest BCUT2D eigenvalue weighted by Gasteiger charge is 2.27. The Balaban J connectivity index is 1.95. The number of aryl methyl sites for hydroxylation is 1. The van der Waals surface area contributed by atoms with Gasteiger partial charge in [-0.05, 0) is 30.7 Å². The van der Waals surface area contributed by atoms with E-state index in [1.165, 1.54) is 4.88 Å². The number of rotatable bonds is 3. The van der Waals surface area contributed by atoms with Gasteiger partial charge in [0.05, 0.1) is 0 Å². The number of amides is 1. The van der Waals surface area contributed by atoms with E-state index in [0.717, 1.165) is 36.1 Å². The molecule has 1 aliphatic rings. The molecule has 0 bridgehead atoms. The van der Waals surface area contributed by atoms with Crippen LogP contribution in [0.25, 0.3) is 11.3 Å². The van der Waals surface area contributed by atoms with Gasteiger partial charge in [-0.3, -0.25) is 4.79 Å². The van der Waals surface area contributed by atoms with Gasteiger partial charge in [0.25, 0.3) is 5.91 Å². The smallest absolute Gasteiger partial charge is 0.273 e. The van der Waals surface area contributed by atoms with Crippen LogP contribution >= 0.6 is 11.3 Å². The van der Waals surface area contributed by atoms with Crippen molar-refractivity contribution >= 4 is 17.2 Å². The predicted octanol–water partition coefficient (Wildman–Crippen LogP) is 2.64. The van der Waals surface area contributed by atoms with Crippen LogP contribution in [0.2, 0.25) is 0 Å². The van der Waals surface area contributed by atoms with E-state index in [1.807, 2.05) is 13.0 Å². The molecule has 1 N–H and O–H groups in total. The highest BCUT2D eigenvalue weighted by Crippen LogP contribution is 2.37. The van der Waals surface area contributed by atoms with Gasteiger partial charge < -0.3 is 9.84 Å². The molecule has 0 aromatic carbocycles. The molecule has 1 aliphatic carbocycles. The molecular formula is C13H14N2O2S. The first-order valence-corrected chi connectivity index (χ1v) is 7.02. The largest absolute Gasteiger partial charge is 0.355 e. The van der Waals surface area contributed by atoms with Crippen molar-refractivity contribution in [1.82, 2.24) is 10.5 Å². The molecule has 2 aromatic heterocycles. The van der Waals surface area contributed by atoms with Gasteiger partial charge in [-0.1, -0.05) is 12.1 Å². The van der Waals surface area contributed by atoms with E-state index in [1.54, 1.807) is 11.3 Å². The number of nitrogens with one attached hydrogen (secondary N) is 1. The number of carbonyl (C=O) groups is 1. The summed E-state index contributed by atoms with van der Waals surface area (Å²) in [6, 6.07) is 2.04. The molecule has 0 unspecified atom stereocenters. The van der Waals surface area contributed by atoms with E-state index in [4.69, 9.17) is 4.52 Å². The predicted molar refractivity (Wildman–Crippen MR) is 69.8 cm³/mol. The van der Waals surface area contributed by atoms with Crippen molar-refractivity contribution in [2.24, 2.45) is 0 Å². The number of aromatic nitrogens is 1. The van der Waals surface area contributed by atoms with Crippen molar-refractivity contribution in [3.05, 3.63) is 27.6 Å². The third kappa shape index (κ3) is 1.75. The summed E-state index contributed by atoms with van der Waals surface area (Å²) in [6.07, 6.45) is 2.72. The SMILES string of the molecule is CCCNC(=O)c1noc2c1CCc1sccc1-2. The van der Waals surface area contributed by atoms with Gasteiger partial charge in [-0.15, -0.1) is 11.3 Å². The maximum atomic E-state index is 12.0. The van der Waals surface area contributed by atoms with Gasteiger partial charge in [-0.2, -0.15) is 0 Å². The quantitative estimate of drug-likeness (QED) is 0.925. The number of fused-ring (bicyclic) bond motifs is 3. The molecule has 4 nitrogen and oxygen atoms in total. The lowest BCUT2D eigenvalue weighted by Gasteiger charge is -2.10. The summed E-state index contributed by atoms with van der Waals surface area (Å²) in [6.45, 7) is 2.69. The Labute approximate surface area is 109 Å². The molecule has 18 heavy (non-hydrogen) atoms. The summed E-state index contributed by atoms with van der Waals surface area (Å²) in [5, 5.41) is 8.85. The topological polar surface area (TPSA) is 55.1 Å². The maximum absolute atomic E-state index is 12.0. The summed E-state index contributed by atoms with van der Waals surface area (Å²) < 4.78 is 5.37. The Morgan fingerprint density at radius 3 is 3.28 bits per heavy atom. The first-order chi connectivity index (χ1) is 8.81. The molecule has 2 aromatic rings. The zero-order valence-corrected chi connectivity index (χ0v) is 11.0. The molecular weight excluding hydrogens is 248 g/mol. The minimum Gasteiger partial charge on any atom is -0.355 e. The van der Waals surface area contributed by atoms with Gasteiger partial charge >= 0.3 is 0 Å². The third-order valence-electron chi connectivity index (χ3n) is 3.13. The van der Waals surface area contributed by atoms with Crippen molar-refractivity contribution in [3.63, 3.8) is 0 Å². The number of nitrogens with zero attached hydrogens (tertiary/aromatic N) is 1. The Morgan fingerprint density at radius 1 is 1.56 bits per heavy atom. The molecule has 5 heteroatoms. The molecule has 0 radical (unpaired) electrons. The number of hydrogen-bond acceptors (Lipinski definition) is 4. The molecule has 0 spiro atoms. The Bertz CT molecular complexity index is 586. The van der Waals surface area contributed by atoms with E-state index in [2.05, 4.69) is 15.9 Å². The molecule has 1 amide bonds. The second kappa shape index (κ2) is 4.57. The number of thiophene rings is 1. The van der Waals surface area contributed by atoms with E-state index < -0.39 is 0 Å². The third-order valence-corrected chi connectivity index (χ3v) is 4.11. The van der Waals surface area contributed by atoms with Crippen LogP contribution in [-0.4, -0.2) is 17.6 Å². The highest BCUT2D eigenvalue weighted by atomic mass is 32.1. The lowest BCUT2D eigenvalue weighted by molar-refractivity contribution is 0.0944. The van der Waals surface area contributed by atoms with Gasteiger partial charge in [0.15, 0.2) is 11.5 Å². The molecule has 0 fully saturated rings. The fraction of sp³-hybridized carbons (Fsp3) is 0.385. The van der Waals surface area contributed by atoms with Crippen molar-refractivity contribution in [2.45, 2.75) is 26.2 Å². The minimum atomic E-state index is -0.125.